The number of ether oxygens (including phenoxy) is 1. The van der Waals surface area contributed by atoms with Crippen LogP contribution in [0.25, 0.3) is 0 Å². The number of hydrogen-bond donors (Lipinski definition) is 0. The fourth-order valence-electron chi connectivity index (χ4n) is 2.86. The fraction of sp³-hybridized carbons (Fsp3) is 0.545. The molecule has 3 aliphatic rings. The Balaban J connectivity index is 2.06. The largest absolute Gasteiger partial charge is 0.450 e. The molecule has 2 nitrogen and oxygen atoms in total. The molecule has 1 fully saturated rings. The first-order valence-corrected chi connectivity index (χ1v) is 4.76. The fourth-order valence-corrected chi connectivity index (χ4v) is 2.86. The normalized spacial score (nSPS) is 45.8. The molecule has 0 saturated heterocycles. The third-order valence-corrected chi connectivity index (χ3v) is 3.82. The lowest BCUT2D eigenvalue weighted by molar-refractivity contribution is -0.142. The number of carbonyl (C=O) groups excluding carboxylic acids is 1. The first-order valence-electron chi connectivity index (χ1n) is 4.76. The van der Waals surface area contributed by atoms with Gasteiger partial charge >= 0.3 is 5.97 Å². The van der Waals surface area contributed by atoms with Crippen molar-refractivity contribution in [1.82, 2.24) is 0 Å². The number of rotatable bonds is 0. The van der Waals surface area contributed by atoms with Crippen LogP contribution in [0.15, 0.2) is 23.3 Å². The average Bonchev–Trinajstić information content (AvgIpc) is 2.52. The zero-order valence-corrected chi connectivity index (χ0v) is 7.83. The maximum atomic E-state index is 11.4. The molecule has 13 heavy (non-hydrogen) atoms. The van der Waals surface area contributed by atoms with Crippen LogP contribution in [0.3, 0.4) is 0 Å². The first-order chi connectivity index (χ1) is 6.18. The Kier molecular flexibility index (Phi) is 1.07. The molecule has 3 rings (SSSR count). The van der Waals surface area contributed by atoms with Gasteiger partial charge in [-0.15, -0.1) is 0 Å². The zero-order valence-electron chi connectivity index (χ0n) is 7.83. The third kappa shape index (κ3) is 0.609. The quantitative estimate of drug-likeness (QED) is 0.415. The number of esters is 1. The van der Waals surface area contributed by atoms with E-state index in [0.717, 1.165) is 17.6 Å². The highest BCUT2D eigenvalue weighted by Crippen LogP contribution is 2.65. The molecule has 0 bridgehead atoms. The minimum absolute atomic E-state index is 0.111. The second-order valence-electron chi connectivity index (χ2n) is 4.23. The van der Waals surface area contributed by atoms with Gasteiger partial charge in [-0.1, -0.05) is 12.2 Å². The van der Waals surface area contributed by atoms with Crippen molar-refractivity contribution in [3.8, 4) is 0 Å². The van der Waals surface area contributed by atoms with Crippen LogP contribution in [0.2, 0.25) is 0 Å². The van der Waals surface area contributed by atoms with Gasteiger partial charge in [0.05, 0.1) is 0 Å². The summed E-state index contributed by atoms with van der Waals surface area (Å²) in [7, 11) is 0. The summed E-state index contributed by atoms with van der Waals surface area (Å²) in [5, 5.41) is 0. The van der Waals surface area contributed by atoms with Gasteiger partial charge in [-0.2, -0.15) is 0 Å². The van der Waals surface area contributed by atoms with Crippen molar-refractivity contribution >= 4 is 5.97 Å². The summed E-state index contributed by atoms with van der Waals surface area (Å²) >= 11 is 0. The molecule has 68 valence electrons. The number of carbonyl (C=O) groups is 1. The number of hydrogen-bond acceptors (Lipinski definition) is 2. The van der Waals surface area contributed by atoms with Crippen molar-refractivity contribution in [1.29, 1.82) is 0 Å². The molecule has 1 heterocycles. The summed E-state index contributed by atoms with van der Waals surface area (Å²) in [5.74, 6) is 0.920. The molecule has 1 saturated carbocycles. The van der Waals surface area contributed by atoms with Gasteiger partial charge in [0.2, 0.25) is 0 Å². The third-order valence-electron chi connectivity index (χ3n) is 3.82. The Bertz CT molecular complexity index is 364. The molecule has 0 N–H and O–H groups in total. The van der Waals surface area contributed by atoms with Gasteiger partial charge in [0.15, 0.2) is 0 Å². The smallest absolute Gasteiger partial charge is 0.334 e. The molecule has 0 aromatic rings. The maximum Gasteiger partial charge on any atom is 0.334 e. The Hall–Kier alpha value is -1.05. The molecule has 2 heteroatoms. The Labute approximate surface area is 77.3 Å². The molecule has 0 aromatic carbocycles. The van der Waals surface area contributed by atoms with Crippen molar-refractivity contribution < 1.29 is 9.53 Å². The minimum Gasteiger partial charge on any atom is -0.450 e. The monoisotopic (exact) mass is 176 g/mol. The molecule has 1 aliphatic heterocycles. The van der Waals surface area contributed by atoms with Crippen molar-refractivity contribution in [2.24, 2.45) is 11.8 Å². The molecular formula is C11H12O2. The molecule has 0 radical (unpaired) electrons. The van der Waals surface area contributed by atoms with Crippen molar-refractivity contribution in [2.45, 2.75) is 25.9 Å². The average molecular weight is 176 g/mol. The van der Waals surface area contributed by atoms with Gasteiger partial charge in [0.1, 0.15) is 5.60 Å². The van der Waals surface area contributed by atoms with Gasteiger partial charge in [-0.05, 0) is 25.8 Å². The molecule has 1 spiro atoms. The molecule has 0 unspecified atom stereocenters. The predicted molar refractivity (Wildman–Crippen MR) is 47.9 cm³/mol. The maximum absolute atomic E-state index is 11.4. The van der Waals surface area contributed by atoms with E-state index >= 15 is 0 Å². The second kappa shape index (κ2) is 1.89. The lowest BCUT2D eigenvalue weighted by Crippen LogP contribution is -2.17. The summed E-state index contributed by atoms with van der Waals surface area (Å²) in [4.78, 5) is 11.4. The lowest BCUT2D eigenvalue weighted by atomic mass is 10.0. The Morgan fingerprint density at radius 3 is 2.77 bits per heavy atom. The summed E-state index contributed by atoms with van der Waals surface area (Å²) in [6, 6.07) is 0. The topological polar surface area (TPSA) is 26.3 Å². The predicted octanol–water partition coefficient (Wildman–Crippen LogP) is 1.82. The summed E-state index contributed by atoms with van der Waals surface area (Å²) in [6.45, 7) is 3.90. The van der Waals surface area contributed by atoms with E-state index in [1.54, 1.807) is 0 Å². The van der Waals surface area contributed by atoms with E-state index in [9.17, 15) is 4.79 Å². The van der Waals surface area contributed by atoms with E-state index in [1.807, 2.05) is 13.8 Å². The standard InChI is InChI=1S/C11H12O2/c1-6-7(2)11(13-10(6)12)8-4-3-5-9(8)11/h3-4,8-9H,5H2,1-2H3/t8-,9+,11-/m0/s1. The summed E-state index contributed by atoms with van der Waals surface area (Å²) in [6.07, 6.45) is 5.46. The molecule has 0 aromatic heterocycles. The minimum atomic E-state index is -0.198. The van der Waals surface area contributed by atoms with Gasteiger partial charge < -0.3 is 4.74 Å². The van der Waals surface area contributed by atoms with Gasteiger partial charge in [0, 0.05) is 17.4 Å². The van der Waals surface area contributed by atoms with E-state index in [4.69, 9.17) is 4.74 Å². The highest BCUT2D eigenvalue weighted by atomic mass is 16.6. The van der Waals surface area contributed by atoms with E-state index in [1.165, 1.54) is 0 Å². The van der Waals surface area contributed by atoms with E-state index in [0.29, 0.717) is 11.8 Å². The summed E-state index contributed by atoms with van der Waals surface area (Å²) < 4.78 is 5.49. The zero-order chi connectivity index (χ0) is 9.22. The van der Waals surface area contributed by atoms with Crippen LogP contribution in [-0.4, -0.2) is 11.6 Å². The van der Waals surface area contributed by atoms with Crippen LogP contribution in [-0.2, 0) is 9.53 Å². The highest BCUT2D eigenvalue weighted by molar-refractivity contribution is 5.93. The number of allylic oxidation sites excluding steroid dienone is 1. The first kappa shape index (κ1) is 7.36. The summed E-state index contributed by atoms with van der Waals surface area (Å²) in [5.41, 5.74) is 1.79. The molecule has 2 aliphatic carbocycles. The van der Waals surface area contributed by atoms with Crippen LogP contribution in [0.5, 0.6) is 0 Å². The van der Waals surface area contributed by atoms with E-state index in [-0.39, 0.29) is 11.6 Å². The van der Waals surface area contributed by atoms with E-state index < -0.39 is 0 Å². The lowest BCUT2D eigenvalue weighted by Gasteiger charge is -2.12. The van der Waals surface area contributed by atoms with Crippen LogP contribution in [0, 0.1) is 11.8 Å². The van der Waals surface area contributed by atoms with Gasteiger partial charge in [0.25, 0.3) is 0 Å². The van der Waals surface area contributed by atoms with Crippen molar-refractivity contribution in [3.63, 3.8) is 0 Å². The van der Waals surface area contributed by atoms with Gasteiger partial charge in [-0.3, -0.25) is 0 Å². The Morgan fingerprint density at radius 1 is 1.54 bits per heavy atom. The molecular weight excluding hydrogens is 164 g/mol. The van der Waals surface area contributed by atoms with Crippen molar-refractivity contribution in [3.05, 3.63) is 23.3 Å². The SMILES string of the molecule is CC1=C(C)[C@@]2(OC1=O)[C@@H]1CC=C[C@@H]12. The second-order valence-corrected chi connectivity index (χ2v) is 4.23. The molecule has 3 atom stereocenters. The molecule has 0 amide bonds. The number of fused-ring (bicyclic) bond motifs is 3. The van der Waals surface area contributed by atoms with Gasteiger partial charge in [-0.25, -0.2) is 4.79 Å². The Morgan fingerprint density at radius 2 is 2.31 bits per heavy atom. The van der Waals surface area contributed by atoms with E-state index in [2.05, 4.69) is 12.2 Å². The highest BCUT2D eigenvalue weighted by Gasteiger charge is 2.71. The van der Waals surface area contributed by atoms with Crippen molar-refractivity contribution in [2.75, 3.05) is 0 Å². The van der Waals surface area contributed by atoms with Crippen LogP contribution < -0.4 is 0 Å². The van der Waals surface area contributed by atoms with Crippen LogP contribution in [0.1, 0.15) is 20.3 Å². The van der Waals surface area contributed by atoms with Crippen LogP contribution >= 0.6 is 0 Å². The van der Waals surface area contributed by atoms with Crippen LogP contribution in [0.4, 0.5) is 0 Å².